The van der Waals surface area contributed by atoms with Crippen molar-refractivity contribution in [2.24, 2.45) is 0 Å². The van der Waals surface area contributed by atoms with E-state index in [1.54, 1.807) is 11.3 Å². The minimum absolute atomic E-state index is 0.200. The summed E-state index contributed by atoms with van der Waals surface area (Å²) in [7, 11) is 0. The van der Waals surface area contributed by atoms with Gasteiger partial charge in [-0.2, -0.15) is 0 Å². The van der Waals surface area contributed by atoms with Gasteiger partial charge in [0.25, 0.3) is 0 Å². The van der Waals surface area contributed by atoms with E-state index in [-0.39, 0.29) is 6.10 Å². The summed E-state index contributed by atoms with van der Waals surface area (Å²) in [6, 6.07) is 10.3. The van der Waals surface area contributed by atoms with Crippen molar-refractivity contribution in [1.82, 2.24) is 4.98 Å². The third-order valence-corrected chi connectivity index (χ3v) is 4.30. The molecule has 1 unspecified atom stereocenters. The standard InChI is InChI=1S/C16H21NOS/c1-12(2)15-10-17-16(19-15)9-13(3)18-11-14-7-5-4-6-8-14/h4-8,10,12-13H,9,11H2,1-3H3. The highest BCUT2D eigenvalue weighted by Gasteiger charge is 2.10. The number of thiazole rings is 1. The Labute approximate surface area is 119 Å². The Kier molecular flexibility index (Phi) is 5.11. The third kappa shape index (κ3) is 4.44. The molecule has 1 atom stereocenters. The predicted octanol–water partition coefficient (Wildman–Crippen LogP) is 4.41. The number of hydrogen-bond donors (Lipinski definition) is 0. The van der Waals surface area contributed by atoms with Crippen LogP contribution < -0.4 is 0 Å². The zero-order valence-corrected chi connectivity index (χ0v) is 12.6. The van der Waals surface area contributed by atoms with E-state index in [0.29, 0.717) is 12.5 Å². The molecule has 0 fully saturated rings. The Balaban J connectivity index is 1.82. The summed E-state index contributed by atoms with van der Waals surface area (Å²) in [5, 5.41) is 1.17. The predicted molar refractivity (Wildman–Crippen MR) is 80.6 cm³/mol. The maximum atomic E-state index is 5.87. The molecule has 0 bridgehead atoms. The van der Waals surface area contributed by atoms with Crippen molar-refractivity contribution in [2.75, 3.05) is 0 Å². The molecule has 2 aromatic rings. The Morgan fingerprint density at radius 3 is 2.53 bits per heavy atom. The molecule has 0 saturated carbocycles. The van der Waals surface area contributed by atoms with Crippen LogP contribution >= 0.6 is 11.3 Å². The average molecular weight is 275 g/mol. The van der Waals surface area contributed by atoms with Crippen molar-refractivity contribution in [2.45, 2.75) is 45.8 Å². The quantitative estimate of drug-likeness (QED) is 0.779. The molecule has 1 aromatic heterocycles. The number of hydrogen-bond acceptors (Lipinski definition) is 3. The van der Waals surface area contributed by atoms with Crippen LogP contribution in [0.5, 0.6) is 0 Å². The van der Waals surface area contributed by atoms with E-state index in [0.717, 1.165) is 6.42 Å². The van der Waals surface area contributed by atoms with E-state index in [1.165, 1.54) is 15.4 Å². The number of nitrogens with zero attached hydrogens (tertiary/aromatic N) is 1. The molecular weight excluding hydrogens is 254 g/mol. The van der Waals surface area contributed by atoms with Gasteiger partial charge in [-0.25, -0.2) is 4.98 Å². The SMILES string of the molecule is CC(Cc1ncc(C(C)C)s1)OCc1ccccc1. The number of aromatic nitrogens is 1. The minimum atomic E-state index is 0.200. The van der Waals surface area contributed by atoms with Crippen molar-refractivity contribution in [1.29, 1.82) is 0 Å². The molecule has 19 heavy (non-hydrogen) atoms. The lowest BCUT2D eigenvalue weighted by Gasteiger charge is -2.11. The molecule has 0 aliphatic heterocycles. The second kappa shape index (κ2) is 6.83. The minimum Gasteiger partial charge on any atom is -0.373 e. The zero-order chi connectivity index (χ0) is 13.7. The van der Waals surface area contributed by atoms with E-state index in [1.807, 2.05) is 24.4 Å². The summed E-state index contributed by atoms with van der Waals surface area (Å²) in [5.41, 5.74) is 1.22. The normalized spacial score (nSPS) is 12.8. The lowest BCUT2D eigenvalue weighted by Crippen LogP contribution is -2.11. The Bertz CT molecular complexity index is 492. The molecule has 0 saturated heterocycles. The fourth-order valence-electron chi connectivity index (χ4n) is 1.80. The van der Waals surface area contributed by atoms with Crippen LogP contribution in [0, 0.1) is 0 Å². The van der Waals surface area contributed by atoms with E-state index >= 15 is 0 Å². The van der Waals surface area contributed by atoms with Crippen LogP contribution in [0.2, 0.25) is 0 Å². The van der Waals surface area contributed by atoms with Crippen LogP contribution in [0.1, 0.15) is 42.1 Å². The Hall–Kier alpha value is -1.19. The maximum absolute atomic E-state index is 5.87. The Morgan fingerprint density at radius 2 is 1.89 bits per heavy atom. The fraction of sp³-hybridized carbons (Fsp3) is 0.438. The van der Waals surface area contributed by atoms with Crippen LogP contribution in [-0.2, 0) is 17.8 Å². The maximum Gasteiger partial charge on any atom is 0.0953 e. The zero-order valence-electron chi connectivity index (χ0n) is 11.8. The molecule has 0 spiro atoms. The fourth-order valence-corrected chi connectivity index (χ4v) is 2.84. The van der Waals surface area contributed by atoms with Crippen LogP contribution in [0.15, 0.2) is 36.5 Å². The van der Waals surface area contributed by atoms with Crippen LogP contribution in [0.3, 0.4) is 0 Å². The van der Waals surface area contributed by atoms with Gasteiger partial charge in [0.2, 0.25) is 0 Å². The lowest BCUT2D eigenvalue weighted by molar-refractivity contribution is 0.0535. The molecule has 0 aliphatic carbocycles. The van der Waals surface area contributed by atoms with E-state index in [9.17, 15) is 0 Å². The molecule has 2 nitrogen and oxygen atoms in total. The highest BCUT2D eigenvalue weighted by molar-refractivity contribution is 7.11. The van der Waals surface area contributed by atoms with Gasteiger partial charge in [-0.3, -0.25) is 0 Å². The highest BCUT2D eigenvalue weighted by atomic mass is 32.1. The first-order chi connectivity index (χ1) is 9.15. The smallest absolute Gasteiger partial charge is 0.0953 e. The van der Waals surface area contributed by atoms with Crippen molar-refractivity contribution < 1.29 is 4.74 Å². The van der Waals surface area contributed by atoms with Crippen molar-refractivity contribution in [3.05, 3.63) is 52.0 Å². The second-order valence-corrected chi connectivity index (χ2v) is 6.27. The number of rotatable bonds is 6. The summed E-state index contributed by atoms with van der Waals surface area (Å²) >= 11 is 1.80. The monoisotopic (exact) mass is 275 g/mol. The van der Waals surface area contributed by atoms with E-state index < -0.39 is 0 Å². The third-order valence-electron chi connectivity index (χ3n) is 2.98. The van der Waals surface area contributed by atoms with Gasteiger partial charge in [0.1, 0.15) is 0 Å². The van der Waals surface area contributed by atoms with Gasteiger partial charge >= 0.3 is 0 Å². The van der Waals surface area contributed by atoms with E-state index in [2.05, 4.69) is 37.9 Å². The second-order valence-electron chi connectivity index (χ2n) is 5.12. The summed E-state index contributed by atoms with van der Waals surface area (Å²) in [5.74, 6) is 0.562. The highest BCUT2D eigenvalue weighted by Crippen LogP contribution is 2.23. The van der Waals surface area contributed by atoms with Crippen LogP contribution in [0.25, 0.3) is 0 Å². The summed E-state index contributed by atoms with van der Waals surface area (Å²) in [6.45, 7) is 7.18. The van der Waals surface area contributed by atoms with Gasteiger partial charge in [0.05, 0.1) is 17.7 Å². The molecule has 3 heteroatoms. The van der Waals surface area contributed by atoms with Crippen molar-refractivity contribution >= 4 is 11.3 Å². The Morgan fingerprint density at radius 1 is 1.16 bits per heavy atom. The largest absolute Gasteiger partial charge is 0.373 e. The first kappa shape index (κ1) is 14.2. The molecule has 0 N–H and O–H groups in total. The first-order valence-electron chi connectivity index (χ1n) is 6.75. The summed E-state index contributed by atoms with van der Waals surface area (Å²) < 4.78 is 5.87. The van der Waals surface area contributed by atoms with Gasteiger partial charge in [-0.1, -0.05) is 44.2 Å². The number of ether oxygens (including phenoxy) is 1. The molecule has 1 aromatic carbocycles. The van der Waals surface area contributed by atoms with Crippen LogP contribution in [-0.4, -0.2) is 11.1 Å². The lowest BCUT2D eigenvalue weighted by atomic mass is 10.2. The van der Waals surface area contributed by atoms with Gasteiger partial charge < -0.3 is 4.74 Å². The average Bonchev–Trinajstić information content (AvgIpc) is 2.86. The van der Waals surface area contributed by atoms with Crippen molar-refractivity contribution in [3.8, 4) is 0 Å². The molecule has 0 aliphatic rings. The molecular formula is C16H21NOS. The summed E-state index contributed by atoms with van der Waals surface area (Å²) in [4.78, 5) is 5.82. The summed E-state index contributed by atoms with van der Waals surface area (Å²) in [6.07, 6.45) is 3.09. The topological polar surface area (TPSA) is 22.1 Å². The van der Waals surface area contributed by atoms with Crippen LogP contribution in [0.4, 0.5) is 0 Å². The van der Waals surface area contributed by atoms with Gasteiger partial charge in [-0.05, 0) is 18.4 Å². The molecule has 0 amide bonds. The first-order valence-corrected chi connectivity index (χ1v) is 7.57. The molecule has 2 rings (SSSR count). The molecule has 1 heterocycles. The number of benzene rings is 1. The van der Waals surface area contributed by atoms with Crippen molar-refractivity contribution in [3.63, 3.8) is 0 Å². The van der Waals surface area contributed by atoms with Gasteiger partial charge in [-0.15, -0.1) is 11.3 Å². The van der Waals surface area contributed by atoms with Gasteiger partial charge in [0.15, 0.2) is 0 Å². The van der Waals surface area contributed by atoms with E-state index in [4.69, 9.17) is 4.74 Å². The van der Waals surface area contributed by atoms with Gasteiger partial charge in [0, 0.05) is 17.5 Å². The molecule has 102 valence electrons. The molecule has 0 radical (unpaired) electrons.